The van der Waals surface area contributed by atoms with E-state index >= 15 is 0 Å². The van der Waals surface area contributed by atoms with Gasteiger partial charge in [-0.3, -0.25) is 9.59 Å². The van der Waals surface area contributed by atoms with E-state index < -0.39 is 20.4 Å². The zero-order valence-electron chi connectivity index (χ0n) is 30.6. The molecule has 2 heterocycles. The average molecular weight is 737 g/mol. The highest BCUT2D eigenvalue weighted by Crippen LogP contribution is 2.43. The predicted molar refractivity (Wildman–Crippen MR) is 213 cm³/mol. The topological polar surface area (TPSA) is 82.1 Å². The van der Waals surface area contributed by atoms with E-state index in [9.17, 15) is 9.59 Å². The smallest absolute Gasteiger partial charge is 0.303 e. The van der Waals surface area contributed by atoms with Gasteiger partial charge in [0.25, 0.3) is 8.32 Å². The van der Waals surface area contributed by atoms with Gasteiger partial charge in [-0.15, -0.1) is 11.3 Å². The number of fused-ring (bicyclic) bond motifs is 1. The minimum atomic E-state index is -2.96. The molecule has 8 heteroatoms. The number of ketones is 1. The third-order valence-corrected chi connectivity index (χ3v) is 16.6. The summed E-state index contributed by atoms with van der Waals surface area (Å²) in [4.78, 5) is 26.1. The number of Topliss-reactive ketones (excluding diaryl/α,β-unsaturated/α-hetero) is 1. The van der Waals surface area contributed by atoms with Crippen molar-refractivity contribution in [3.05, 3.63) is 120 Å². The van der Waals surface area contributed by atoms with Gasteiger partial charge >= 0.3 is 5.97 Å². The van der Waals surface area contributed by atoms with E-state index in [2.05, 4.69) is 130 Å². The average Bonchev–Trinajstić information content (AvgIpc) is 3.70. The maximum atomic E-state index is 13.9. The number of carboxylic acids is 1. The number of rotatable bonds is 15. The highest BCUT2D eigenvalue weighted by molar-refractivity contribution is 7.19. The van der Waals surface area contributed by atoms with E-state index in [1.165, 1.54) is 20.5 Å². The fourth-order valence-corrected chi connectivity index (χ4v) is 13.6. The molecule has 1 saturated carbocycles. The van der Waals surface area contributed by atoms with Gasteiger partial charge in [0.1, 0.15) is 5.78 Å². The summed E-state index contributed by atoms with van der Waals surface area (Å²) in [6, 6.07) is 32.1. The van der Waals surface area contributed by atoms with Gasteiger partial charge in [-0.05, 0) is 71.5 Å². The Bertz CT molecular complexity index is 1750. The molecule has 2 fully saturated rings. The fraction of sp³-hybridized carbons (Fsp3) is 0.409. The first-order valence-electron chi connectivity index (χ1n) is 18.8. The molecule has 0 amide bonds. The second kappa shape index (κ2) is 17.4. The van der Waals surface area contributed by atoms with Gasteiger partial charge in [0.2, 0.25) is 0 Å². The summed E-state index contributed by atoms with van der Waals surface area (Å²) in [5.74, 6) is -1.03. The van der Waals surface area contributed by atoms with Crippen molar-refractivity contribution in [1.29, 1.82) is 0 Å². The van der Waals surface area contributed by atoms with Crippen molar-refractivity contribution >= 4 is 51.9 Å². The lowest BCUT2D eigenvalue weighted by Gasteiger charge is -2.44. The highest BCUT2D eigenvalue weighted by Gasteiger charge is 2.52. The lowest BCUT2D eigenvalue weighted by molar-refractivity contribution is -0.194. The number of benzene rings is 3. The highest BCUT2D eigenvalue weighted by atomic mass is 32.1. The molecule has 0 radical (unpaired) electrons. The number of carboxylic acid groups (broad SMARTS) is 1. The molecule has 6 rings (SSSR count). The summed E-state index contributed by atoms with van der Waals surface area (Å²) in [6.07, 6.45) is 12.8. The lowest BCUT2D eigenvalue weighted by Crippen LogP contribution is -2.66. The summed E-state index contributed by atoms with van der Waals surface area (Å²) in [7, 11) is -2.96. The molecule has 5 atom stereocenters. The van der Waals surface area contributed by atoms with Gasteiger partial charge in [-0.2, -0.15) is 0 Å². The second-order valence-corrected chi connectivity index (χ2v) is 20.5. The molecule has 0 bridgehead atoms. The molecule has 6 nitrogen and oxygen atoms in total. The maximum Gasteiger partial charge on any atom is 0.303 e. The number of hydrogen-bond acceptors (Lipinski definition) is 6. The predicted octanol–water partition coefficient (Wildman–Crippen LogP) is 9.39. The summed E-state index contributed by atoms with van der Waals surface area (Å²) in [5.41, 5.74) is 0. The number of carbonyl (C=O) groups is 2. The third-order valence-electron chi connectivity index (χ3n) is 10.5. The van der Waals surface area contributed by atoms with Crippen LogP contribution in [0.15, 0.2) is 115 Å². The second-order valence-electron chi connectivity index (χ2n) is 15.1. The van der Waals surface area contributed by atoms with Crippen LogP contribution >= 0.6 is 11.3 Å². The van der Waals surface area contributed by atoms with Crippen molar-refractivity contribution in [1.82, 2.24) is 0 Å². The molecule has 274 valence electrons. The molecular weight excluding hydrogens is 685 g/mol. The largest absolute Gasteiger partial charge is 0.481 e. The summed E-state index contributed by atoms with van der Waals surface area (Å²) in [6.45, 7) is 7.55. The van der Waals surface area contributed by atoms with Crippen LogP contribution in [0.25, 0.3) is 10.1 Å². The number of carbonyl (C=O) groups excluding carboxylic acids is 1. The normalized spacial score (nSPS) is 22.1. The molecule has 4 aromatic rings. The number of unbranched alkanes of at least 4 members (excludes halogenated alkanes) is 1. The van der Waals surface area contributed by atoms with Gasteiger partial charge in [-0.1, -0.05) is 124 Å². The van der Waals surface area contributed by atoms with Gasteiger partial charge < -0.3 is 19.0 Å². The van der Waals surface area contributed by atoms with Gasteiger partial charge in [0.15, 0.2) is 6.29 Å². The molecule has 52 heavy (non-hydrogen) atoms. The van der Waals surface area contributed by atoms with E-state index in [0.29, 0.717) is 32.3 Å². The third kappa shape index (κ3) is 8.92. The quantitative estimate of drug-likeness (QED) is 0.0745. The van der Waals surface area contributed by atoms with Gasteiger partial charge in [0.05, 0.1) is 12.2 Å². The Labute approximate surface area is 313 Å². The Morgan fingerprint density at radius 2 is 1.67 bits per heavy atom. The van der Waals surface area contributed by atoms with E-state index in [4.69, 9.17) is 19.0 Å². The standard InChI is InChI=1S/C44H52O6SSi/c1-44(2,3)52(33-19-8-6-9-20-33,34-21-10-7-11-22-34)50-38(41-30-32-18-14-15-24-40(32)51-41)28-27-35-36(23-12-4-5-13-25-42(46)47)39(31-37(35)45)49-43-26-16-17-29-48-43/h4,6-12,14-15,18-22,24,27-28,30,35-36,38-39,43H,5,13,16-17,23,25-26,29,31H2,1-3H3,(H,46,47)/t35-,36-,38-,39+,43?/m1/s1. The molecule has 1 saturated heterocycles. The number of hydrogen-bond donors (Lipinski definition) is 1. The number of aliphatic carboxylic acids is 1. The Hall–Kier alpha value is -3.66. The van der Waals surface area contributed by atoms with Crippen molar-refractivity contribution in [2.75, 3.05) is 6.61 Å². The van der Waals surface area contributed by atoms with E-state index in [1.54, 1.807) is 11.3 Å². The SMILES string of the molecule is CC(C)(C)[Si](O[C@H](C=C[C@H]1C(=O)C[C@H](OC2CCCCO2)[C@@H]1CC=CCCCC(=O)O)c1cc2ccccc2s1)(c1ccccc1)c1ccccc1. The van der Waals surface area contributed by atoms with Crippen molar-refractivity contribution in [3.8, 4) is 0 Å². The molecule has 1 aliphatic heterocycles. The van der Waals surface area contributed by atoms with Crippen LogP contribution in [0.1, 0.15) is 83.1 Å². The molecule has 0 spiro atoms. The first-order valence-corrected chi connectivity index (χ1v) is 21.5. The number of allylic oxidation sites excluding steroid dienone is 3. The van der Waals surface area contributed by atoms with E-state index in [1.807, 2.05) is 6.08 Å². The van der Waals surface area contributed by atoms with Crippen LogP contribution in [0.4, 0.5) is 0 Å². The molecule has 1 aromatic heterocycles. The minimum Gasteiger partial charge on any atom is -0.481 e. The van der Waals surface area contributed by atoms with Crippen LogP contribution in [-0.4, -0.2) is 44.2 Å². The fourth-order valence-electron chi connectivity index (χ4n) is 7.85. The molecule has 1 N–H and O–H groups in total. The first kappa shape index (κ1) is 38.1. The Morgan fingerprint density at radius 3 is 2.31 bits per heavy atom. The number of ether oxygens (including phenoxy) is 2. The monoisotopic (exact) mass is 736 g/mol. The Morgan fingerprint density at radius 1 is 0.981 bits per heavy atom. The van der Waals surface area contributed by atoms with E-state index in [0.717, 1.165) is 24.1 Å². The van der Waals surface area contributed by atoms with Crippen LogP contribution in [0.3, 0.4) is 0 Å². The first-order chi connectivity index (χ1) is 25.2. The summed E-state index contributed by atoms with van der Waals surface area (Å²) < 4.78 is 21.4. The summed E-state index contributed by atoms with van der Waals surface area (Å²) in [5, 5.41) is 12.4. The van der Waals surface area contributed by atoms with E-state index in [-0.39, 0.29) is 41.5 Å². The zero-order valence-corrected chi connectivity index (χ0v) is 32.4. The van der Waals surface area contributed by atoms with Crippen molar-refractivity contribution in [2.45, 2.75) is 95.7 Å². The molecule has 3 aromatic carbocycles. The Balaban J connectivity index is 1.38. The van der Waals surface area contributed by atoms with Crippen molar-refractivity contribution in [3.63, 3.8) is 0 Å². The van der Waals surface area contributed by atoms with Crippen molar-refractivity contribution < 1.29 is 28.6 Å². The molecular formula is C44H52O6SSi. The number of thiophene rings is 1. The van der Waals surface area contributed by atoms with Crippen LogP contribution < -0.4 is 10.4 Å². The molecule has 2 aliphatic rings. The minimum absolute atomic E-state index is 0.0686. The van der Waals surface area contributed by atoms with Gasteiger partial charge in [0, 0.05) is 40.9 Å². The van der Waals surface area contributed by atoms with Gasteiger partial charge in [-0.25, -0.2) is 0 Å². The summed E-state index contributed by atoms with van der Waals surface area (Å²) >= 11 is 1.75. The molecule has 1 aliphatic carbocycles. The van der Waals surface area contributed by atoms with Crippen LogP contribution in [0.5, 0.6) is 0 Å². The maximum absolute atomic E-state index is 13.9. The lowest BCUT2D eigenvalue weighted by atomic mass is 9.90. The Kier molecular flexibility index (Phi) is 12.8. The van der Waals surface area contributed by atoms with Crippen LogP contribution in [-0.2, 0) is 23.5 Å². The van der Waals surface area contributed by atoms with Crippen molar-refractivity contribution in [2.24, 2.45) is 11.8 Å². The van der Waals surface area contributed by atoms with Crippen LogP contribution in [0.2, 0.25) is 5.04 Å². The molecule has 1 unspecified atom stereocenters. The van der Waals surface area contributed by atoms with Crippen LogP contribution in [0, 0.1) is 11.8 Å². The zero-order chi connectivity index (χ0) is 36.6.